The maximum absolute atomic E-state index is 12.4. The predicted molar refractivity (Wildman–Crippen MR) is 83.3 cm³/mol. The topological polar surface area (TPSA) is 82.0 Å². The summed E-state index contributed by atoms with van der Waals surface area (Å²) < 4.78 is 0. The molecule has 2 amide bonds. The summed E-state index contributed by atoms with van der Waals surface area (Å²) in [7, 11) is 0. The van der Waals surface area contributed by atoms with E-state index in [2.05, 4.69) is 16.7 Å². The van der Waals surface area contributed by atoms with Crippen LogP contribution in [0.15, 0.2) is 0 Å². The van der Waals surface area contributed by atoms with Gasteiger partial charge in [0, 0.05) is 6.54 Å². The third-order valence-corrected chi connectivity index (χ3v) is 3.43. The highest BCUT2D eigenvalue weighted by Gasteiger charge is 2.38. The molecule has 0 aliphatic rings. The monoisotopic (exact) mass is 295 g/mol. The zero-order valence-electron chi connectivity index (χ0n) is 14.0. The number of carbonyl (C=O) groups is 2. The van der Waals surface area contributed by atoms with Crippen LogP contribution in [-0.4, -0.2) is 24.4 Å². The maximum Gasteiger partial charge on any atom is 0.242 e. The van der Waals surface area contributed by atoms with Gasteiger partial charge in [0.05, 0.1) is 6.07 Å². The lowest BCUT2D eigenvalue weighted by atomic mass is 9.79. The van der Waals surface area contributed by atoms with Gasteiger partial charge in [0.2, 0.25) is 11.8 Å². The standard InChI is InChI=1S/C16H29N3O2/c1-6-8-16(11-17,9-7-2)15(21)19-13(5)14(20)18-10-12(3)4/h12-13H,6-10H2,1-5H3,(H,18,20)(H,19,21). The highest BCUT2D eigenvalue weighted by molar-refractivity contribution is 5.91. The number of carbonyl (C=O) groups excluding carboxylic acids is 2. The maximum atomic E-state index is 12.4. The molecule has 0 aliphatic heterocycles. The molecule has 120 valence electrons. The fraction of sp³-hybridized carbons (Fsp3) is 0.812. The first-order valence-electron chi connectivity index (χ1n) is 7.82. The van der Waals surface area contributed by atoms with Crippen molar-refractivity contribution in [2.24, 2.45) is 11.3 Å². The van der Waals surface area contributed by atoms with E-state index in [9.17, 15) is 14.9 Å². The number of rotatable bonds is 9. The highest BCUT2D eigenvalue weighted by Crippen LogP contribution is 2.29. The SMILES string of the molecule is CCCC(C#N)(CCC)C(=O)NC(C)C(=O)NCC(C)C. The molecule has 1 unspecified atom stereocenters. The van der Waals surface area contributed by atoms with Crippen LogP contribution in [0, 0.1) is 22.7 Å². The zero-order chi connectivity index (χ0) is 16.5. The molecule has 0 heterocycles. The summed E-state index contributed by atoms with van der Waals surface area (Å²) in [4.78, 5) is 24.3. The quantitative estimate of drug-likeness (QED) is 0.685. The number of hydrogen-bond acceptors (Lipinski definition) is 3. The largest absolute Gasteiger partial charge is 0.354 e. The second-order valence-electron chi connectivity index (χ2n) is 6.03. The fourth-order valence-corrected chi connectivity index (χ4v) is 2.23. The van der Waals surface area contributed by atoms with E-state index in [4.69, 9.17) is 0 Å². The summed E-state index contributed by atoms with van der Waals surface area (Å²) in [6.45, 7) is 10.1. The van der Waals surface area contributed by atoms with Crippen LogP contribution >= 0.6 is 0 Å². The van der Waals surface area contributed by atoms with Gasteiger partial charge in [-0.2, -0.15) is 5.26 Å². The Kier molecular flexibility index (Phi) is 8.68. The van der Waals surface area contributed by atoms with Gasteiger partial charge in [0.15, 0.2) is 0 Å². The molecule has 0 aromatic heterocycles. The summed E-state index contributed by atoms with van der Waals surface area (Å²) in [5, 5.41) is 14.9. The van der Waals surface area contributed by atoms with Crippen molar-refractivity contribution in [3.8, 4) is 6.07 Å². The number of nitriles is 1. The zero-order valence-corrected chi connectivity index (χ0v) is 14.0. The molecule has 0 rings (SSSR count). The normalized spacial score (nSPS) is 12.6. The van der Waals surface area contributed by atoms with Crippen molar-refractivity contribution in [1.29, 1.82) is 5.26 Å². The molecular formula is C16H29N3O2. The molecule has 5 nitrogen and oxygen atoms in total. The van der Waals surface area contributed by atoms with Crippen LogP contribution in [0.3, 0.4) is 0 Å². The van der Waals surface area contributed by atoms with E-state index in [-0.39, 0.29) is 11.8 Å². The van der Waals surface area contributed by atoms with Crippen LogP contribution in [0.25, 0.3) is 0 Å². The first-order valence-corrected chi connectivity index (χ1v) is 7.82. The Morgan fingerprint density at radius 1 is 1.14 bits per heavy atom. The Balaban J connectivity index is 4.75. The number of nitrogens with one attached hydrogen (secondary N) is 2. The molecule has 0 radical (unpaired) electrons. The minimum atomic E-state index is -1.02. The van der Waals surface area contributed by atoms with Gasteiger partial charge in [0.25, 0.3) is 0 Å². The van der Waals surface area contributed by atoms with Crippen LogP contribution in [0.4, 0.5) is 0 Å². The summed E-state index contributed by atoms with van der Waals surface area (Å²) in [6, 6.07) is 1.54. The predicted octanol–water partition coefficient (Wildman–Crippen LogP) is 2.37. The number of amides is 2. The van der Waals surface area contributed by atoms with E-state index in [0.717, 1.165) is 12.8 Å². The lowest BCUT2D eigenvalue weighted by Crippen LogP contribution is -2.50. The minimum absolute atomic E-state index is 0.211. The van der Waals surface area contributed by atoms with Crippen molar-refractivity contribution in [3.05, 3.63) is 0 Å². The summed E-state index contributed by atoms with van der Waals surface area (Å²) in [5.41, 5.74) is -1.02. The van der Waals surface area contributed by atoms with E-state index in [0.29, 0.717) is 25.3 Å². The molecule has 0 aliphatic carbocycles. The number of hydrogen-bond donors (Lipinski definition) is 2. The molecule has 2 N–H and O–H groups in total. The molecular weight excluding hydrogens is 266 g/mol. The molecule has 0 bridgehead atoms. The average Bonchev–Trinajstić information content (AvgIpc) is 2.43. The summed E-state index contributed by atoms with van der Waals surface area (Å²) in [6.07, 6.45) is 2.55. The van der Waals surface area contributed by atoms with Crippen LogP contribution in [0.5, 0.6) is 0 Å². The van der Waals surface area contributed by atoms with Crippen LogP contribution in [-0.2, 0) is 9.59 Å². The van der Waals surface area contributed by atoms with Crippen molar-refractivity contribution in [2.75, 3.05) is 6.54 Å². The Morgan fingerprint density at radius 3 is 2.05 bits per heavy atom. The van der Waals surface area contributed by atoms with Gasteiger partial charge in [-0.3, -0.25) is 9.59 Å². The molecule has 0 spiro atoms. The van der Waals surface area contributed by atoms with Crippen molar-refractivity contribution in [1.82, 2.24) is 10.6 Å². The second kappa shape index (κ2) is 9.38. The molecule has 0 aromatic carbocycles. The van der Waals surface area contributed by atoms with Crippen molar-refractivity contribution >= 4 is 11.8 Å². The van der Waals surface area contributed by atoms with E-state index in [1.54, 1.807) is 6.92 Å². The minimum Gasteiger partial charge on any atom is -0.354 e. The highest BCUT2D eigenvalue weighted by atomic mass is 16.2. The lowest BCUT2D eigenvalue weighted by molar-refractivity contribution is -0.133. The van der Waals surface area contributed by atoms with Crippen LogP contribution in [0.1, 0.15) is 60.3 Å². The van der Waals surface area contributed by atoms with E-state index >= 15 is 0 Å². The van der Waals surface area contributed by atoms with Gasteiger partial charge in [-0.05, 0) is 25.7 Å². The van der Waals surface area contributed by atoms with E-state index in [1.165, 1.54) is 0 Å². The first-order chi connectivity index (χ1) is 9.82. The molecule has 5 heteroatoms. The third-order valence-electron chi connectivity index (χ3n) is 3.43. The first kappa shape index (κ1) is 19.4. The smallest absolute Gasteiger partial charge is 0.242 e. The molecule has 0 fully saturated rings. The van der Waals surface area contributed by atoms with Gasteiger partial charge in [-0.25, -0.2) is 0 Å². The van der Waals surface area contributed by atoms with Crippen LogP contribution < -0.4 is 10.6 Å². The second-order valence-corrected chi connectivity index (χ2v) is 6.03. The van der Waals surface area contributed by atoms with E-state index < -0.39 is 11.5 Å². The fourth-order valence-electron chi connectivity index (χ4n) is 2.23. The number of nitrogens with zero attached hydrogens (tertiary/aromatic N) is 1. The van der Waals surface area contributed by atoms with Crippen molar-refractivity contribution in [3.63, 3.8) is 0 Å². The molecule has 0 saturated heterocycles. The van der Waals surface area contributed by atoms with Crippen LogP contribution in [0.2, 0.25) is 0 Å². The Labute approximate surface area is 128 Å². The lowest BCUT2D eigenvalue weighted by Gasteiger charge is -2.26. The van der Waals surface area contributed by atoms with Gasteiger partial charge >= 0.3 is 0 Å². The third kappa shape index (κ3) is 6.16. The molecule has 0 saturated carbocycles. The van der Waals surface area contributed by atoms with Gasteiger partial charge < -0.3 is 10.6 Å². The summed E-state index contributed by atoms with van der Waals surface area (Å²) in [5.74, 6) is -0.187. The average molecular weight is 295 g/mol. The molecule has 21 heavy (non-hydrogen) atoms. The molecule has 1 atom stereocenters. The molecule has 0 aromatic rings. The van der Waals surface area contributed by atoms with Gasteiger partial charge in [-0.1, -0.05) is 40.5 Å². The van der Waals surface area contributed by atoms with Crippen molar-refractivity contribution in [2.45, 2.75) is 66.3 Å². The summed E-state index contributed by atoms with van der Waals surface area (Å²) >= 11 is 0. The van der Waals surface area contributed by atoms with Gasteiger partial charge in [0.1, 0.15) is 11.5 Å². The van der Waals surface area contributed by atoms with Gasteiger partial charge in [-0.15, -0.1) is 0 Å². The van der Waals surface area contributed by atoms with E-state index in [1.807, 2.05) is 27.7 Å². The van der Waals surface area contributed by atoms with Crippen molar-refractivity contribution < 1.29 is 9.59 Å². The Hall–Kier alpha value is -1.57. The Morgan fingerprint density at radius 2 is 1.67 bits per heavy atom. The Bertz CT molecular complexity index is 379.